The van der Waals surface area contributed by atoms with Gasteiger partial charge >= 0.3 is 10.4 Å². The van der Waals surface area contributed by atoms with E-state index >= 15 is 0 Å². The second-order valence-electron chi connectivity index (χ2n) is 9.42. The SMILES string of the molecule is CN[C@@H]1[C@H](O)[C@H](O[C@H]2[C@H](N)C[C@H](N)C(O[C@H]3OC(C(C)N)CC[C@@H]3N)[C@H]2O)OC[C@@H]1O.O=S(=O)(O)O. The van der Waals surface area contributed by atoms with Crippen molar-refractivity contribution in [2.75, 3.05) is 13.7 Å². The molecule has 0 aromatic carbocycles. The summed E-state index contributed by atoms with van der Waals surface area (Å²) in [6, 6.07) is -2.40. The van der Waals surface area contributed by atoms with Gasteiger partial charge in [-0.05, 0) is 33.2 Å². The first-order chi connectivity index (χ1) is 16.6. The van der Waals surface area contributed by atoms with Crippen LogP contribution in [0.25, 0.3) is 0 Å². The quantitative estimate of drug-likeness (QED) is 0.140. The van der Waals surface area contributed by atoms with Crippen LogP contribution in [-0.2, 0) is 29.3 Å². The average Bonchev–Trinajstić information content (AvgIpc) is 2.75. The molecule has 3 fully saturated rings. The van der Waals surface area contributed by atoms with Crippen LogP contribution in [0, 0.1) is 0 Å². The molecule has 3 rings (SSSR count). The van der Waals surface area contributed by atoms with E-state index in [-0.39, 0.29) is 24.8 Å². The summed E-state index contributed by atoms with van der Waals surface area (Å²) >= 11 is 0. The lowest BCUT2D eigenvalue weighted by atomic mass is 9.84. The normalized spacial score (nSPS) is 44.9. The number of hydrogen-bond acceptors (Lipinski definition) is 14. The maximum absolute atomic E-state index is 11.0. The summed E-state index contributed by atoms with van der Waals surface area (Å²) in [5.41, 5.74) is 24.6. The van der Waals surface area contributed by atoms with Crippen molar-refractivity contribution in [1.29, 1.82) is 0 Å². The van der Waals surface area contributed by atoms with E-state index in [1.165, 1.54) is 0 Å². The third-order valence-electron chi connectivity index (χ3n) is 6.50. The Bertz CT molecular complexity index is 757. The number of rotatable bonds is 6. The maximum Gasteiger partial charge on any atom is 0.394 e. The maximum atomic E-state index is 11.0. The molecule has 0 radical (unpaired) electrons. The van der Waals surface area contributed by atoms with Crippen molar-refractivity contribution < 1.29 is 51.8 Å². The van der Waals surface area contributed by atoms with Crippen LogP contribution in [0.4, 0.5) is 0 Å². The van der Waals surface area contributed by atoms with Crippen LogP contribution >= 0.6 is 0 Å². The Kier molecular flexibility index (Phi) is 11.8. The molecule has 17 heteroatoms. The van der Waals surface area contributed by atoms with Crippen molar-refractivity contribution in [3.8, 4) is 0 Å². The Morgan fingerprint density at radius 2 is 1.47 bits per heavy atom. The van der Waals surface area contributed by atoms with Gasteiger partial charge in [-0.15, -0.1) is 0 Å². The Morgan fingerprint density at radius 1 is 0.944 bits per heavy atom. The zero-order valence-corrected chi connectivity index (χ0v) is 21.1. The average molecular weight is 548 g/mol. The molecule has 2 aliphatic heterocycles. The number of nitrogens with one attached hydrogen (secondary N) is 1. The molecule has 2 saturated heterocycles. The molecule has 14 N–H and O–H groups in total. The first-order valence-electron chi connectivity index (χ1n) is 11.7. The molecule has 3 aliphatic rings. The molecule has 0 spiro atoms. The van der Waals surface area contributed by atoms with Crippen molar-refractivity contribution in [1.82, 2.24) is 5.32 Å². The van der Waals surface area contributed by atoms with Crippen molar-refractivity contribution >= 4 is 10.4 Å². The van der Waals surface area contributed by atoms with E-state index in [9.17, 15) is 15.3 Å². The second-order valence-corrected chi connectivity index (χ2v) is 10.3. The fraction of sp³-hybridized carbons (Fsp3) is 1.00. The highest BCUT2D eigenvalue weighted by Crippen LogP contribution is 2.30. The summed E-state index contributed by atoms with van der Waals surface area (Å²) < 4.78 is 54.9. The van der Waals surface area contributed by atoms with E-state index in [0.717, 1.165) is 6.42 Å². The number of aliphatic hydroxyl groups excluding tert-OH is 3. The van der Waals surface area contributed by atoms with Gasteiger partial charge in [0.15, 0.2) is 12.6 Å². The van der Waals surface area contributed by atoms with E-state index in [1.807, 2.05) is 6.92 Å². The van der Waals surface area contributed by atoms with Crippen LogP contribution in [-0.4, -0.2) is 126 Å². The number of ether oxygens (including phenoxy) is 4. The highest BCUT2D eigenvalue weighted by molar-refractivity contribution is 7.79. The summed E-state index contributed by atoms with van der Waals surface area (Å²) in [6.07, 6.45) is -5.38. The van der Waals surface area contributed by atoms with Gasteiger partial charge in [-0.2, -0.15) is 8.42 Å². The summed E-state index contributed by atoms with van der Waals surface area (Å²) in [6.45, 7) is 1.82. The van der Waals surface area contributed by atoms with Crippen LogP contribution in [0.5, 0.6) is 0 Å². The largest absolute Gasteiger partial charge is 0.394 e. The van der Waals surface area contributed by atoms with Gasteiger partial charge in [0.2, 0.25) is 0 Å². The van der Waals surface area contributed by atoms with Crippen LogP contribution in [0.1, 0.15) is 26.2 Å². The van der Waals surface area contributed by atoms with E-state index in [4.69, 9.17) is 59.4 Å². The highest BCUT2D eigenvalue weighted by Gasteiger charge is 2.48. The molecule has 2 heterocycles. The molecule has 1 saturated carbocycles. The molecule has 0 aromatic heterocycles. The number of hydrogen-bond donors (Lipinski definition) is 10. The van der Waals surface area contributed by atoms with Crippen LogP contribution in [0.2, 0.25) is 0 Å². The lowest BCUT2D eigenvalue weighted by molar-refractivity contribution is -0.297. The third kappa shape index (κ3) is 8.72. The van der Waals surface area contributed by atoms with Crippen molar-refractivity contribution in [2.24, 2.45) is 22.9 Å². The number of aliphatic hydroxyl groups is 3. The Balaban J connectivity index is 0.000000830. The molecule has 1 aliphatic carbocycles. The molecule has 36 heavy (non-hydrogen) atoms. The first kappa shape index (κ1) is 31.6. The van der Waals surface area contributed by atoms with Gasteiger partial charge in [0, 0.05) is 18.1 Å². The van der Waals surface area contributed by atoms with Gasteiger partial charge in [-0.3, -0.25) is 9.11 Å². The lowest BCUT2D eigenvalue weighted by Gasteiger charge is -2.47. The highest BCUT2D eigenvalue weighted by atomic mass is 32.3. The Hall–Kier alpha value is -0.610. The molecular formula is C19H41N5O11S. The van der Waals surface area contributed by atoms with Crippen molar-refractivity contribution in [3.63, 3.8) is 0 Å². The van der Waals surface area contributed by atoms with Crippen molar-refractivity contribution in [3.05, 3.63) is 0 Å². The van der Waals surface area contributed by atoms with Gasteiger partial charge in [0.25, 0.3) is 0 Å². The van der Waals surface area contributed by atoms with Gasteiger partial charge in [0.05, 0.1) is 30.9 Å². The molecule has 0 amide bonds. The minimum absolute atomic E-state index is 0.0336. The summed E-state index contributed by atoms with van der Waals surface area (Å²) in [5, 5.41) is 34.3. The molecule has 0 bridgehead atoms. The standard InChI is InChI=1S/C19H39N5O7.H2O4S/c1-7(20)12-4-3-8(21)18(29-12)30-16-9(22)5-10(23)17(15(16)27)31-19-14(26)13(24-2)11(25)6-28-19;1-5(2,3)4/h7-19,24-27H,3-6,20-23H2,1-2H3;(H2,1,2,3,4)/t7?,8-,9-,10+,11-,12?,13-,14-,15+,16?,17-,18+,19-;/m0./s1. The smallest absolute Gasteiger partial charge is 0.389 e. The van der Waals surface area contributed by atoms with E-state index in [1.54, 1.807) is 7.05 Å². The fourth-order valence-corrected chi connectivity index (χ4v) is 4.58. The monoisotopic (exact) mass is 547 g/mol. The molecular weight excluding hydrogens is 506 g/mol. The summed E-state index contributed by atoms with van der Waals surface area (Å²) in [4.78, 5) is 0. The van der Waals surface area contributed by atoms with Crippen LogP contribution < -0.4 is 28.3 Å². The Morgan fingerprint density at radius 3 is 1.97 bits per heavy atom. The summed E-state index contributed by atoms with van der Waals surface area (Å²) in [5.74, 6) is 0. The molecule has 16 nitrogen and oxygen atoms in total. The fourth-order valence-electron chi connectivity index (χ4n) is 4.58. The van der Waals surface area contributed by atoms with Crippen molar-refractivity contribution in [2.45, 2.75) is 106 Å². The van der Waals surface area contributed by atoms with Gasteiger partial charge in [-0.1, -0.05) is 0 Å². The molecule has 3 unspecified atom stereocenters. The minimum atomic E-state index is -4.67. The summed E-state index contributed by atoms with van der Waals surface area (Å²) in [7, 11) is -3.05. The van der Waals surface area contributed by atoms with Crippen LogP contribution in [0.15, 0.2) is 0 Å². The van der Waals surface area contributed by atoms with Crippen LogP contribution in [0.3, 0.4) is 0 Å². The topological polar surface area (TPSA) is 288 Å². The third-order valence-corrected chi connectivity index (χ3v) is 6.50. The zero-order valence-electron chi connectivity index (χ0n) is 20.2. The second kappa shape index (κ2) is 13.5. The number of nitrogens with two attached hydrogens (primary N) is 4. The molecule has 214 valence electrons. The van der Waals surface area contributed by atoms with Gasteiger partial charge in [0.1, 0.15) is 24.4 Å². The van der Waals surface area contributed by atoms with Gasteiger partial charge < -0.3 is 62.5 Å². The van der Waals surface area contributed by atoms with Gasteiger partial charge in [-0.25, -0.2) is 0 Å². The molecule has 0 aromatic rings. The Labute approximate surface area is 210 Å². The van der Waals surface area contributed by atoms with E-state index < -0.39 is 71.6 Å². The minimum Gasteiger partial charge on any atom is -0.389 e. The predicted octanol–water partition coefficient (Wildman–Crippen LogP) is -4.63. The first-order valence-corrected chi connectivity index (χ1v) is 13.0. The van der Waals surface area contributed by atoms with E-state index in [2.05, 4.69) is 5.32 Å². The number of likely N-dealkylation sites (N-methyl/N-ethyl adjacent to an activating group) is 1. The van der Waals surface area contributed by atoms with E-state index in [0.29, 0.717) is 12.8 Å². The zero-order chi connectivity index (χ0) is 27.4. The lowest BCUT2D eigenvalue weighted by Crippen LogP contribution is -2.67. The predicted molar refractivity (Wildman–Crippen MR) is 125 cm³/mol. The molecule has 13 atom stereocenters.